The first-order valence-corrected chi connectivity index (χ1v) is 10.4. The summed E-state index contributed by atoms with van der Waals surface area (Å²) in [5.74, 6) is -0.884. The molecule has 2 aromatic carbocycles. The van der Waals surface area contributed by atoms with Crippen molar-refractivity contribution in [1.82, 2.24) is 15.2 Å². The number of halogens is 3. The van der Waals surface area contributed by atoms with Gasteiger partial charge in [0.25, 0.3) is 11.8 Å². The fourth-order valence-corrected chi connectivity index (χ4v) is 4.10. The van der Waals surface area contributed by atoms with E-state index in [1.54, 1.807) is 18.2 Å². The van der Waals surface area contributed by atoms with Gasteiger partial charge in [-0.15, -0.1) is 0 Å². The third kappa shape index (κ3) is 4.30. The van der Waals surface area contributed by atoms with E-state index in [0.717, 1.165) is 11.8 Å². The van der Waals surface area contributed by atoms with Crippen LogP contribution in [0.25, 0.3) is 10.9 Å². The van der Waals surface area contributed by atoms with Gasteiger partial charge in [0.15, 0.2) is 0 Å². The molecule has 8 heteroatoms. The Morgan fingerprint density at radius 2 is 1.66 bits per heavy atom. The molecule has 0 bridgehead atoms. The summed E-state index contributed by atoms with van der Waals surface area (Å²) in [6.45, 7) is 2.36. The van der Waals surface area contributed by atoms with E-state index in [-0.39, 0.29) is 35.9 Å². The summed E-state index contributed by atoms with van der Waals surface area (Å²) in [6, 6.07) is 13.0. The van der Waals surface area contributed by atoms with E-state index in [1.165, 1.54) is 23.1 Å². The van der Waals surface area contributed by atoms with Crippen molar-refractivity contribution in [3.63, 3.8) is 0 Å². The minimum Gasteiger partial charge on any atom is -0.349 e. The van der Waals surface area contributed by atoms with Crippen molar-refractivity contribution in [3.8, 4) is 0 Å². The van der Waals surface area contributed by atoms with Gasteiger partial charge in [0, 0.05) is 36.3 Å². The van der Waals surface area contributed by atoms with Gasteiger partial charge in [0.1, 0.15) is 0 Å². The van der Waals surface area contributed by atoms with Crippen molar-refractivity contribution >= 4 is 22.7 Å². The van der Waals surface area contributed by atoms with Crippen LogP contribution in [0.15, 0.2) is 54.7 Å². The summed E-state index contributed by atoms with van der Waals surface area (Å²) >= 11 is 0. The molecule has 1 aliphatic rings. The van der Waals surface area contributed by atoms with Crippen LogP contribution in [0.2, 0.25) is 0 Å². The Hall–Kier alpha value is -3.42. The highest BCUT2D eigenvalue weighted by Crippen LogP contribution is 2.37. The molecule has 2 heterocycles. The molecule has 0 radical (unpaired) electrons. The van der Waals surface area contributed by atoms with Crippen molar-refractivity contribution in [1.29, 1.82) is 0 Å². The van der Waals surface area contributed by atoms with E-state index in [9.17, 15) is 22.8 Å². The highest BCUT2D eigenvalue weighted by Gasteiger charge is 2.39. The Morgan fingerprint density at radius 1 is 1.00 bits per heavy atom. The van der Waals surface area contributed by atoms with Crippen LogP contribution in [0, 0.1) is 6.92 Å². The average Bonchev–Trinajstić information content (AvgIpc) is 2.78. The van der Waals surface area contributed by atoms with Crippen molar-refractivity contribution in [2.75, 3.05) is 13.1 Å². The van der Waals surface area contributed by atoms with Gasteiger partial charge >= 0.3 is 6.18 Å². The number of rotatable bonds is 3. The first kappa shape index (κ1) is 21.8. The molecule has 0 unspecified atom stereocenters. The van der Waals surface area contributed by atoms with Gasteiger partial charge in [0.2, 0.25) is 0 Å². The zero-order valence-corrected chi connectivity index (χ0v) is 17.4. The largest absolute Gasteiger partial charge is 0.417 e. The number of carbonyl (C=O) groups excluding carboxylic acids is 2. The molecule has 32 heavy (non-hydrogen) atoms. The second-order valence-corrected chi connectivity index (χ2v) is 7.92. The number of alkyl halides is 3. The van der Waals surface area contributed by atoms with Gasteiger partial charge in [-0.3, -0.25) is 14.6 Å². The van der Waals surface area contributed by atoms with Crippen molar-refractivity contribution in [2.24, 2.45) is 0 Å². The number of aromatic nitrogens is 1. The maximum absolute atomic E-state index is 13.9. The fraction of sp³-hybridized carbons (Fsp3) is 0.292. The summed E-state index contributed by atoms with van der Waals surface area (Å²) in [6.07, 6.45) is -2.75. The number of pyridine rings is 1. The van der Waals surface area contributed by atoms with Crippen LogP contribution in [0.1, 0.15) is 44.7 Å². The van der Waals surface area contributed by atoms with Crippen LogP contribution >= 0.6 is 0 Å². The van der Waals surface area contributed by atoms with Crippen LogP contribution in [0.3, 0.4) is 0 Å². The van der Waals surface area contributed by atoms with E-state index in [1.807, 2.05) is 19.1 Å². The molecule has 0 spiro atoms. The number of likely N-dealkylation sites (tertiary alicyclic amines) is 1. The van der Waals surface area contributed by atoms with E-state index in [2.05, 4.69) is 10.3 Å². The number of aryl methyl sites for hydroxylation is 1. The van der Waals surface area contributed by atoms with Crippen LogP contribution in [-0.4, -0.2) is 40.8 Å². The van der Waals surface area contributed by atoms with Gasteiger partial charge in [0.05, 0.1) is 16.6 Å². The number of nitrogens with zero attached hydrogens (tertiary/aromatic N) is 2. The van der Waals surface area contributed by atoms with E-state index in [4.69, 9.17) is 0 Å². The highest BCUT2D eigenvalue weighted by molar-refractivity contribution is 6.00. The second kappa shape index (κ2) is 8.61. The Bertz CT molecular complexity index is 1170. The van der Waals surface area contributed by atoms with Gasteiger partial charge in [-0.05, 0) is 37.5 Å². The second-order valence-electron chi connectivity index (χ2n) is 7.92. The molecule has 5 nitrogen and oxygen atoms in total. The first-order valence-electron chi connectivity index (χ1n) is 10.4. The summed E-state index contributed by atoms with van der Waals surface area (Å²) in [4.78, 5) is 31.0. The minimum atomic E-state index is -4.69. The third-order valence-electron chi connectivity index (χ3n) is 5.80. The van der Waals surface area contributed by atoms with Crippen molar-refractivity contribution in [2.45, 2.75) is 32.0 Å². The molecule has 0 aliphatic carbocycles. The lowest BCUT2D eigenvalue weighted by atomic mass is 9.99. The average molecular weight is 441 g/mol. The standard InChI is InChI=1S/C24H22F3N3O2/c1-15-6-2-3-7-17(15)22(31)29-16-10-12-30(13-11-16)23(32)19-14-28-20-9-5-4-8-18(20)21(19)24(25,26)27/h2-9,14,16H,10-13H2,1H3,(H,29,31). The van der Waals surface area contributed by atoms with Crippen LogP contribution in [-0.2, 0) is 6.18 Å². The predicted molar refractivity (Wildman–Crippen MR) is 114 cm³/mol. The number of hydrogen-bond donors (Lipinski definition) is 1. The quantitative estimate of drug-likeness (QED) is 0.646. The fourth-order valence-electron chi connectivity index (χ4n) is 4.10. The van der Waals surface area contributed by atoms with Gasteiger partial charge in [-0.1, -0.05) is 36.4 Å². The summed E-state index contributed by atoms with van der Waals surface area (Å²) in [5.41, 5.74) is 0.236. The molecular weight excluding hydrogens is 419 g/mol. The number of hydrogen-bond acceptors (Lipinski definition) is 3. The molecule has 0 saturated carbocycles. The maximum Gasteiger partial charge on any atom is 0.417 e. The molecule has 2 amide bonds. The Labute approximate surface area is 183 Å². The zero-order chi connectivity index (χ0) is 22.9. The molecular formula is C24H22F3N3O2. The normalized spacial score (nSPS) is 15.1. The summed E-state index contributed by atoms with van der Waals surface area (Å²) in [7, 11) is 0. The van der Waals surface area contributed by atoms with Gasteiger partial charge in [-0.2, -0.15) is 13.2 Å². The van der Waals surface area contributed by atoms with Crippen LogP contribution in [0.4, 0.5) is 13.2 Å². The smallest absolute Gasteiger partial charge is 0.349 e. The minimum absolute atomic E-state index is 0.0915. The number of nitrogens with one attached hydrogen (secondary N) is 1. The summed E-state index contributed by atoms with van der Waals surface area (Å²) < 4.78 is 41.6. The number of carbonyl (C=O) groups is 2. The lowest BCUT2D eigenvalue weighted by Crippen LogP contribution is -2.47. The number of para-hydroxylation sites is 1. The highest BCUT2D eigenvalue weighted by atomic mass is 19.4. The number of amides is 2. The molecule has 0 atom stereocenters. The molecule has 166 valence electrons. The number of fused-ring (bicyclic) bond motifs is 1. The molecule has 1 saturated heterocycles. The number of piperidine rings is 1. The molecule has 3 aromatic rings. The Morgan fingerprint density at radius 3 is 2.34 bits per heavy atom. The van der Waals surface area contributed by atoms with Crippen LogP contribution < -0.4 is 5.32 Å². The number of benzene rings is 2. The van der Waals surface area contributed by atoms with Gasteiger partial charge in [-0.25, -0.2) is 0 Å². The Kier molecular flexibility index (Phi) is 5.86. The molecule has 4 rings (SSSR count). The third-order valence-corrected chi connectivity index (χ3v) is 5.80. The molecule has 1 aromatic heterocycles. The SMILES string of the molecule is Cc1ccccc1C(=O)NC1CCN(C(=O)c2cnc3ccccc3c2C(F)(F)F)CC1. The van der Waals surface area contributed by atoms with Crippen molar-refractivity contribution in [3.05, 3.63) is 77.0 Å². The lowest BCUT2D eigenvalue weighted by Gasteiger charge is -2.33. The van der Waals surface area contributed by atoms with E-state index < -0.39 is 23.2 Å². The Balaban J connectivity index is 1.49. The first-order chi connectivity index (χ1) is 15.3. The maximum atomic E-state index is 13.9. The predicted octanol–water partition coefficient (Wildman–Crippen LogP) is 4.60. The zero-order valence-electron chi connectivity index (χ0n) is 17.4. The molecule has 1 fully saturated rings. The van der Waals surface area contributed by atoms with Gasteiger partial charge < -0.3 is 10.2 Å². The monoisotopic (exact) mass is 441 g/mol. The molecule has 1 aliphatic heterocycles. The van der Waals surface area contributed by atoms with E-state index >= 15 is 0 Å². The van der Waals surface area contributed by atoms with Crippen LogP contribution in [0.5, 0.6) is 0 Å². The molecule has 1 N–H and O–H groups in total. The topological polar surface area (TPSA) is 62.3 Å². The lowest BCUT2D eigenvalue weighted by molar-refractivity contribution is -0.136. The van der Waals surface area contributed by atoms with E-state index in [0.29, 0.717) is 18.4 Å². The summed E-state index contributed by atoms with van der Waals surface area (Å²) in [5, 5.41) is 2.87. The van der Waals surface area contributed by atoms with Crippen molar-refractivity contribution < 1.29 is 22.8 Å².